The van der Waals surface area contributed by atoms with E-state index >= 15 is 0 Å². The minimum atomic E-state index is 0.911. The lowest BCUT2D eigenvalue weighted by Gasteiger charge is -2.18. The van der Waals surface area contributed by atoms with Crippen molar-refractivity contribution in [1.82, 2.24) is 4.98 Å². The summed E-state index contributed by atoms with van der Waals surface area (Å²) < 4.78 is 0.911. The lowest BCUT2D eigenvalue weighted by molar-refractivity contribution is 0.667. The van der Waals surface area contributed by atoms with Gasteiger partial charge in [-0.3, -0.25) is 0 Å². The first-order chi connectivity index (χ1) is 6.81. The predicted molar refractivity (Wildman–Crippen MR) is 62.3 cm³/mol. The quantitative estimate of drug-likeness (QED) is 0.733. The third-order valence-corrected chi connectivity index (χ3v) is 3.17. The number of nitrogens with one attached hydrogen (secondary N) is 1. The Morgan fingerprint density at radius 1 is 1.36 bits per heavy atom. The molecule has 0 saturated heterocycles. The van der Waals surface area contributed by atoms with Crippen molar-refractivity contribution >= 4 is 12.2 Å². The Labute approximate surface area is 90.6 Å². The van der Waals surface area contributed by atoms with Crippen LogP contribution in [0.1, 0.15) is 43.0 Å². The Kier molecular flexibility index (Phi) is 3.02. The van der Waals surface area contributed by atoms with Crippen LogP contribution in [0, 0.1) is 4.64 Å². The topological polar surface area (TPSA) is 15.8 Å². The highest BCUT2D eigenvalue weighted by Gasteiger charge is 2.12. The predicted octanol–water partition coefficient (Wildman–Crippen LogP) is 3.58. The minimum Gasteiger partial charge on any atom is -0.350 e. The molecular weight excluding hydrogens is 190 g/mol. The summed E-state index contributed by atoms with van der Waals surface area (Å²) in [6.45, 7) is 2.22. The number of hydrogen-bond acceptors (Lipinski definition) is 1. The van der Waals surface area contributed by atoms with E-state index in [1.807, 2.05) is 0 Å². The van der Waals surface area contributed by atoms with E-state index in [0.717, 1.165) is 11.1 Å². The Bertz CT molecular complexity index is 378. The van der Waals surface area contributed by atoms with E-state index in [1.54, 1.807) is 5.56 Å². The molecule has 1 aromatic heterocycles. The van der Waals surface area contributed by atoms with E-state index in [-0.39, 0.29) is 0 Å². The lowest BCUT2D eigenvalue weighted by Crippen LogP contribution is -2.08. The van der Waals surface area contributed by atoms with Gasteiger partial charge in [-0.25, -0.2) is 0 Å². The van der Waals surface area contributed by atoms with Crippen LogP contribution >= 0.6 is 12.2 Å². The normalized spacial score (nSPS) is 15.2. The van der Waals surface area contributed by atoms with Crippen LogP contribution in [0.15, 0.2) is 6.07 Å². The molecule has 1 aliphatic rings. The highest BCUT2D eigenvalue weighted by Crippen LogP contribution is 2.24. The van der Waals surface area contributed by atoms with E-state index in [9.17, 15) is 0 Å². The zero-order chi connectivity index (χ0) is 9.97. The Balaban J connectivity index is 2.47. The second-order valence-electron chi connectivity index (χ2n) is 4.07. The Morgan fingerprint density at radius 3 is 2.93 bits per heavy atom. The fourth-order valence-electron chi connectivity index (χ4n) is 2.31. The molecule has 14 heavy (non-hydrogen) atoms. The molecular formula is C12H17NS. The maximum Gasteiger partial charge on any atom is 0.103 e. The van der Waals surface area contributed by atoms with Crippen LogP contribution < -0.4 is 0 Å². The number of fused-ring (bicyclic) bond motifs is 1. The van der Waals surface area contributed by atoms with Crippen molar-refractivity contribution < 1.29 is 0 Å². The molecule has 1 nitrogen and oxygen atoms in total. The first-order valence-corrected chi connectivity index (χ1v) is 5.96. The molecule has 0 unspecified atom stereocenters. The first-order valence-electron chi connectivity index (χ1n) is 5.55. The average molecular weight is 207 g/mol. The van der Waals surface area contributed by atoms with Gasteiger partial charge in [0.15, 0.2) is 0 Å². The molecule has 0 amide bonds. The smallest absolute Gasteiger partial charge is 0.103 e. The van der Waals surface area contributed by atoms with Crippen LogP contribution in [0.2, 0.25) is 0 Å². The van der Waals surface area contributed by atoms with Gasteiger partial charge in [0.05, 0.1) is 0 Å². The summed E-state index contributed by atoms with van der Waals surface area (Å²) in [6.07, 6.45) is 7.49. The van der Waals surface area contributed by atoms with Crippen molar-refractivity contribution in [2.24, 2.45) is 0 Å². The molecule has 0 spiro atoms. The minimum absolute atomic E-state index is 0.911. The van der Waals surface area contributed by atoms with Crippen LogP contribution in [0.4, 0.5) is 0 Å². The van der Waals surface area contributed by atoms with Gasteiger partial charge >= 0.3 is 0 Å². The number of hydrogen-bond donors (Lipinski definition) is 1. The highest BCUT2D eigenvalue weighted by molar-refractivity contribution is 7.71. The third kappa shape index (κ3) is 1.90. The molecule has 1 aromatic rings. The number of rotatable bonds is 2. The van der Waals surface area contributed by atoms with Gasteiger partial charge in [-0.1, -0.05) is 25.6 Å². The molecule has 1 heterocycles. The molecule has 0 aliphatic heterocycles. The molecule has 0 saturated carbocycles. The van der Waals surface area contributed by atoms with Gasteiger partial charge in [0, 0.05) is 5.69 Å². The van der Waals surface area contributed by atoms with Crippen LogP contribution in [0.25, 0.3) is 0 Å². The summed E-state index contributed by atoms with van der Waals surface area (Å²) in [6, 6.07) is 2.16. The number of pyridine rings is 1. The number of aromatic nitrogens is 1. The lowest BCUT2D eigenvalue weighted by atomic mass is 9.90. The fourth-order valence-corrected chi connectivity index (χ4v) is 2.58. The standard InChI is InChI=1S/C12H17NS/c1-2-5-11-10-7-4-3-6-9(10)8-12(14)13-11/h8H,2-7H2,1H3,(H,13,14). The van der Waals surface area contributed by atoms with E-state index < -0.39 is 0 Å². The Morgan fingerprint density at radius 2 is 2.14 bits per heavy atom. The molecule has 76 valence electrons. The highest BCUT2D eigenvalue weighted by atomic mass is 32.1. The molecule has 1 aliphatic carbocycles. The molecule has 0 fully saturated rings. The van der Waals surface area contributed by atoms with Gasteiger partial charge in [0.2, 0.25) is 0 Å². The maximum absolute atomic E-state index is 5.24. The SMILES string of the molecule is CCCc1[nH]c(=S)cc2c1CCCC2. The van der Waals surface area contributed by atoms with Gasteiger partial charge in [0.25, 0.3) is 0 Å². The first kappa shape index (κ1) is 9.91. The molecule has 0 radical (unpaired) electrons. The van der Waals surface area contributed by atoms with Crippen LogP contribution in [0.3, 0.4) is 0 Å². The number of H-pyrrole nitrogens is 1. The van der Waals surface area contributed by atoms with Gasteiger partial charge in [-0.15, -0.1) is 0 Å². The zero-order valence-corrected chi connectivity index (χ0v) is 9.54. The van der Waals surface area contributed by atoms with Gasteiger partial charge in [-0.05, 0) is 49.3 Å². The Hall–Kier alpha value is -0.630. The second-order valence-corrected chi connectivity index (χ2v) is 4.51. The summed E-state index contributed by atoms with van der Waals surface area (Å²) in [4.78, 5) is 3.35. The van der Waals surface area contributed by atoms with Gasteiger partial charge < -0.3 is 4.98 Å². The van der Waals surface area contributed by atoms with Crippen molar-refractivity contribution in [1.29, 1.82) is 0 Å². The van der Waals surface area contributed by atoms with Crippen molar-refractivity contribution in [3.63, 3.8) is 0 Å². The third-order valence-electron chi connectivity index (χ3n) is 2.95. The maximum atomic E-state index is 5.24. The number of aryl methyl sites for hydroxylation is 2. The largest absolute Gasteiger partial charge is 0.350 e. The molecule has 2 heteroatoms. The van der Waals surface area contributed by atoms with E-state index in [1.165, 1.54) is 43.4 Å². The van der Waals surface area contributed by atoms with Gasteiger partial charge in [-0.2, -0.15) is 0 Å². The molecule has 0 atom stereocenters. The van der Waals surface area contributed by atoms with Gasteiger partial charge in [0.1, 0.15) is 4.64 Å². The molecule has 0 bridgehead atoms. The molecule has 0 aromatic carbocycles. The summed E-state index contributed by atoms with van der Waals surface area (Å²) in [5.41, 5.74) is 4.46. The number of aromatic amines is 1. The second kappa shape index (κ2) is 4.26. The summed E-state index contributed by atoms with van der Waals surface area (Å²) in [5, 5.41) is 0. The average Bonchev–Trinajstić information content (AvgIpc) is 2.18. The van der Waals surface area contributed by atoms with E-state index in [0.29, 0.717) is 0 Å². The summed E-state index contributed by atoms with van der Waals surface area (Å²) in [7, 11) is 0. The fraction of sp³-hybridized carbons (Fsp3) is 0.583. The summed E-state index contributed by atoms with van der Waals surface area (Å²) >= 11 is 5.24. The van der Waals surface area contributed by atoms with Crippen molar-refractivity contribution in [2.45, 2.75) is 45.4 Å². The van der Waals surface area contributed by atoms with Crippen molar-refractivity contribution in [3.8, 4) is 0 Å². The zero-order valence-electron chi connectivity index (χ0n) is 8.73. The van der Waals surface area contributed by atoms with Crippen LogP contribution in [0.5, 0.6) is 0 Å². The molecule has 1 N–H and O–H groups in total. The van der Waals surface area contributed by atoms with Crippen molar-refractivity contribution in [3.05, 3.63) is 27.5 Å². The monoisotopic (exact) mass is 207 g/mol. The van der Waals surface area contributed by atoms with E-state index in [4.69, 9.17) is 12.2 Å². The molecule has 2 rings (SSSR count). The summed E-state index contributed by atoms with van der Waals surface area (Å²) in [5.74, 6) is 0. The van der Waals surface area contributed by atoms with Crippen LogP contribution in [-0.2, 0) is 19.3 Å². The van der Waals surface area contributed by atoms with Crippen molar-refractivity contribution in [2.75, 3.05) is 0 Å². The van der Waals surface area contributed by atoms with E-state index in [2.05, 4.69) is 18.0 Å². The van der Waals surface area contributed by atoms with Crippen LogP contribution in [-0.4, -0.2) is 4.98 Å².